The van der Waals surface area contributed by atoms with Crippen molar-refractivity contribution in [1.82, 2.24) is 0 Å². The standard InChI is InChI=1S/C10H12Cl2N2O2/c1-5(16-2)10(15)14-9-7(12)3-6(11)4-8(9)13/h3-5H,13H2,1-2H3,(H,14,15). The van der Waals surface area contributed by atoms with Crippen molar-refractivity contribution in [3.05, 3.63) is 22.2 Å². The van der Waals surface area contributed by atoms with E-state index in [-0.39, 0.29) is 5.91 Å². The van der Waals surface area contributed by atoms with Gasteiger partial charge in [-0.05, 0) is 19.1 Å². The van der Waals surface area contributed by atoms with Crippen molar-refractivity contribution >= 4 is 40.5 Å². The van der Waals surface area contributed by atoms with Crippen LogP contribution in [0, 0.1) is 0 Å². The van der Waals surface area contributed by atoms with Crippen molar-refractivity contribution in [3.8, 4) is 0 Å². The number of amides is 1. The lowest BCUT2D eigenvalue weighted by Crippen LogP contribution is -2.27. The summed E-state index contributed by atoms with van der Waals surface area (Å²) in [4.78, 5) is 11.5. The molecule has 1 rings (SSSR count). The molecule has 0 saturated heterocycles. The van der Waals surface area contributed by atoms with Gasteiger partial charge in [0.15, 0.2) is 0 Å². The van der Waals surface area contributed by atoms with Crippen LogP contribution < -0.4 is 11.1 Å². The van der Waals surface area contributed by atoms with E-state index < -0.39 is 6.10 Å². The van der Waals surface area contributed by atoms with E-state index in [9.17, 15) is 4.79 Å². The second kappa shape index (κ2) is 5.39. The molecule has 0 heterocycles. The molecule has 6 heteroatoms. The summed E-state index contributed by atoms with van der Waals surface area (Å²) in [6.45, 7) is 1.62. The van der Waals surface area contributed by atoms with E-state index in [4.69, 9.17) is 33.7 Å². The quantitative estimate of drug-likeness (QED) is 0.823. The van der Waals surface area contributed by atoms with Crippen molar-refractivity contribution in [2.24, 2.45) is 0 Å². The lowest BCUT2D eigenvalue weighted by atomic mass is 10.2. The van der Waals surface area contributed by atoms with Crippen LogP contribution in [-0.2, 0) is 9.53 Å². The molecule has 1 atom stereocenters. The summed E-state index contributed by atoms with van der Waals surface area (Å²) in [7, 11) is 1.44. The molecule has 0 saturated carbocycles. The van der Waals surface area contributed by atoms with Gasteiger partial charge in [-0.25, -0.2) is 0 Å². The van der Waals surface area contributed by atoms with Gasteiger partial charge in [0.2, 0.25) is 0 Å². The number of carbonyl (C=O) groups is 1. The molecule has 0 aliphatic rings. The Morgan fingerprint density at radius 2 is 2.12 bits per heavy atom. The topological polar surface area (TPSA) is 64.3 Å². The number of halogens is 2. The van der Waals surface area contributed by atoms with Crippen LogP contribution >= 0.6 is 23.2 Å². The van der Waals surface area contributed by atoms with E-state index in [1.807, 2.05) is 0 Å². The zero-order valence-electron chi connectivity index (χ0n) is 8.88. The highest BCUT2D eigenvalue weighted by molar-refractivity contribution is 6.37. The summed E-state index contributed by atoms with van der Waals surface area (Å²) in [6.07, 6.45) is -0.578. The van der Waals surface area contributed by atoms with E-state index in [1.54, 1.807) is 6.92 Å². The first-order valence-electron chi connectivity index (χ1n) is 4.54. The Morgan fingerprint density at radius 3 is 2.62 bits per heavy atom. The highest BCUT2D eigenvalue weighted by atomic mass is 35.5. The minimum Gasteiger partial charge on any atom is -0.397 e. The van der Waals surface area contributed by atoms with E-state index in [0.29, 0.717) is 21.4 Å². The van der Waals surface area contributed by atoms with Crippen molar-refractivity contribution in [1.29, 1.82) is 0 Å². The number of rotatable bonds is 3. The van der Waals surface area contributed by atoms with E-state index in [1.165, 1.54) is 19.2 Å². The van der Waals surface area contributed by atoms with Crippen LogP contribution in [0.3, 0.4) is 0 Å². The van der Waals surface area contributed by atoms with Crippen LogP contribution in [0.4, 0.5) is 11.4 Å². The molecule has 0 aliphatic carbocycles. The Morgan fingerprint density at radius 1 is 1.50 bits per heavy atom. The molecule has 16 heavy (non-hydrogen) atoms. The molecule has 0 aromatic heterocycles. The third-order valence-corrected chi connectivity index (χ3v) is 2.57. The average Bonchev–Trinajstić information content (AvgIpc) is 2.21. The van der Waals surface area contributed by atoms with Crippen LogP contribution in [-0.4, -0.2) is 19.1 Å². The molecular formula is C10H12Cl2N2O2. The first-order chi connectivity index (χ1) is 7.45. The van der Waals surface area contributed by atoms with Gasteiger partial charge in [0.05, 0.1) is 16.4 Å². The molecule has 1 aromatic rings. The number of nitrogens with one attached hydrogen (secondary N) is 1. The van der Waals surface area contributed by atoms with Gasteiger partial charge >= 0.3 is 0 Å². The predicted octanol–water partition coefficient (Wildman–Crippen LogP) is 2.55. The number of benzene rings is 1. The van der Waals surface area contributed by atoms with Crippen LogP contribution in [0.25, 0.3) is 0 Å². The average molecular weight is 263 g/mol. The van der Waals surface area contributed by atoms with Crippen molar-refractivity contribution in [2.45, 2.75) is 13.0 Å². The molecule has 0 aliphatic heterocycles. The maximum atomic E-state index is 11.5. The Bertz CT molecular complexity index is 387. The summed E-state index contributed by atoms with van der Waals surface area (Å²) in [5.41, 5.74) is 6.35. The number of ether oxygens (including phenoxy) is 1. The van der Waals surface area contributed by atoms with E-state index >= 15 is 0 Å². The third kappa shape index (κ3) is 3.01. The van der Waals surface area contributed by atoms with Crippen LogP contribution in [0.15, 0.2) is 12.1 Å². The lowest BCUT2D eigenvalue weighted by Gasteiger charge is -2.13. The number of carbonyl (C=O) groups excluding carboxylic acids is 1. The number of nitrogen functional groups attached to an aromatic ring is 1. The highest BCUT2D eigenvalue weighted by Gasteiger charge is 2.15. The molecule has 1 amide bonds. The first kappa shape index (κ1) is 13.1. The Balaban J connectivity index is 2.93. The Labute approximate surface area is 104 Å². The summed E-state index contributed by atoms with van der Waals surface area (Å²) in [5.74, 6) is -0.321. The SMILES string of the molecule is COC(C)C(=O)Nc1c(N)cc(Cl)cc1Cl. The fourth-order valence-corrected chi connectivity index (χ4v) is 1.61. The van der Waals surface area contributed by atoms with Crippen LogP contribution in [0.5, 0.6) is 0 Å². The van der Waals surface area contributed by atoms with Gasteiger partial charge in [-0.15, -0.1) is 0 Å². The third-order valence-electron chi connectivity index (χ3n) is 2.06. The van der Waals surface area contributed by atoms with Crippen LogP contribution in [0.2, 0.25) is 10.0 Å². The van der Waals surface area contributed by atoms with Gasteiger partial charge in [-0.2, -0.15) is 0 Å². The van der Waals surface area contributed by atoms with E-state index in [0.717, 1.165) is 0 Å². The zero-order chi connectivity index (χ0) is 12.3. The smallest absolute Gasteiger partial charge is 0.253 e. The van der Waals surface area contributed by atoms with Gasteiger partial charge in [-0.1, -0.05) is 23.2 Å². The number of anilines is 2. The Kier molecular flexibility index (Phi) is 4.41. The van der Waals surface area contributed by atoms with Gasteiger partial charge < -0.3 is 15.8 Å². The molecule has 0 bridgehead atoms. The maximum absolute atomic E-state index is 11.5. The van der Waals surface area contributed by atoms with Gasteiger partial charge in [0.25, 0.3) is 5.91 Å². The fraction of sp³-hybridized carbons (Fsp3) is 0.300. The summed E-state index contributed by atoms with van der Waals surface area (Å²) >= 11 is 11.7. The normalized spacial score (nSPS) is 12.2. The van der Waals surface area contributed by atoms with E-state index in [2.05, 4.69) is 5.32 Å². The molecule has 4 nitrogen and oxygen atoms in total. The number of hydrogen-bond donors (Lipinski definition) is 2. The largest absolute Gasteiger partial charge is 0.397 e. The monoisotopic (exact) mass is 262 g/mol. The van der Waals surface area contributed by atoms with Crippen molar-refractivity contribution in [3.63, 3.8) is 0 Å². The summed E-state index contributed by atoms with van der Waals surface area (Å²) in [5, 5.41) is 3.29. The molecular weight excluding hydrogens is 251 g/mol. The minimum atomic E-state index is -0.578. The molecule has 88 valence electrons. The van der Waals surface area contributed by atoms with Gasteiger partial charge in [0, 0.05) is 12.1 Å². The van der Waals surface area contributed by atoms with Crippen molar-refractivity contribution < 1.29 is 9.53 Å². The van der Waals surface area contributed by atoms with Gasteiger partial charge in [-0.3, -0.25) is 4.79 Å². The van der Waals surface area contributed by atoms with Crippen molar-refractivity contribution in [2.75, 3.05) is 18.2 Å². The number of nitrogens with two attached hydrogens (primary N) is 1. The molecule has 0 spiro atoms. The molecule has 1 aromatic carbocycles. The first-order valence-corrected chi connectivity index (χ1v) is 5.29. The summed E-state index contributed by atoms with van der Waals surface area (Å²) < 4.78 is 4.87. The lowest BCUT2D eigenvalue weighted by molar-refractivity contribution is -0.124. The Hall–Kier alpha value is -0.970. The number of hydrogen-bond acceptors (Lipinski definition) is 3. The fourth-order valence-electron chi connectivity index (χ4n) is 1.06. The number of methoxy groups -OCH3 is 1. The minimum absolute atomic E-state index is 0.293. The zero-order valence-corrected chi connectivity index (χ0v) is 10.4. The maximum Gasteiger partial charge on any atom is 0.253 e. The van der Waals surface area contributed by atoms with Gasteiger partial charge in [0.1, 0.15) is 6.10 Å². The molecule has 1 unspecified atom stereocenters. The summed E-state index contributed by atoms with van der Waals surface area (Å²) in [6, 6.07) is 3.02. The predicted molar refractivity (Wildman–Crippen MR) is 66.0 cm³/mol. The van der Waals surface area contributed by atoms with Crippen LogP contribution in [0.1, 0.15) is 6.92 Å². The molecule has 0 fully saturated rings. The second-order valence-electron chi connectivity index (χ2n) is 3.22. The second-order valence-corrected chi connectivity index (χ2v) is 4.06. The molecule has 0 radical (unpaired) electrons. The molecule has 3 N–H and O–H groups in total. The highest BCUT2D eigenvalue weighted by Crippen LogP contribution is 2.32.